The maximum atomic E-state index is 13.3. The van der Waals surface area contributed by atoms with Gasteiger partial charge in [0.1, 0.15) is 11.6 Å². The Morgan fingerprint density at radius 1 is 1.22 bits per heavy atom. The molecule has 0 bridgehead atoms. The Bertz CT molecular complexity index is 809. The summed E-state index contributed by atoms with van der Waals surface area (Å²) in [5, 5.41) is 0. The van der Waals surface area contributed by atoms with E-state index in [0.717, 1.165) is 16.1 Å². The van der Waals surface area contributed by atoms with Gasteiger partial charge in [0.05, 0.1) is 16.5 Å². The van der Waals surface area contributed by atoms with Crippen molar-refractivity contribution in [1.29, 1.82) is 0 Å². The summed E-state index contributed by atoms with van der Waals surface area (Å²) in [6.07, 6.45) is 0.510. The third-order valence-electron chi connectivity index (χ3n) is 3.36. The first kappa shape index (κ1) is 17.9. The van der Waals surface area contributed by atoms with E-state index in [0.29, 0.717) is 17.7 Å². The van der Waals surface area contributed by atoms with Crippen molar-refractivity contribution in [3.63, 3.8) is 0 Å². The number of benzene rings is 2. The first-order valence-corrected chi connectivity index (χ1v) is 9.19. The molecule has 4 nitrogen and oxygen atoms in total. The van der Waals surface area contributed by atoms with Crippen molar-refractivity contribution >= 4 is 26.0 Å². The molecule has 2 aromatic rings. The lowest BCUT2D eigenvalue weighted by atomic mass is 10.1. The van der Waals surface area contributed by atoms with Crippen LogP contribution >= 0.6 is 15.9 Å². The molecule has 1 N–H and O–H groups in total. The molecule has 0 heterocycles. The third kappa shape index (κ3) is 4.53. The van der Waals surface area contributed by atoms with E-state index in [4.69, 9.17) is 4.74 Å². The molecular formula is C16H17BrFNO3S. The second kappa shape index (κ2) is 7.42. The normalized spacial score (nSPS) is 11.5. The lowest BCUT2D eigenvalue weighted by Gasteiger charge is -2.10. The molecule has 0 saturated carbocycles. The van der Waals surface area contributed by atoms with E-state index in [1.807, 2.05) is 18.2 Å². The van der Waals surface area contributed by atoms with Crippen LogP contribution in [-0.2, 0) is 16.4 Å². The topological polar surface area (TPSA) is 55.4 Å². The van der Waals surface area contributed by atoms with Crippen LogP contribution in [0.2, 0.25) is 0 Å². The molecule has 2 rings (SSSR count). The van der Waals surface area contributed by atoms with Gasteiger partial charge in [-0.2, -0.15) is 0 Å². The number of methoxy groups -OCH3 is 1. The highest BCUT2D eigenvalue weighted by atomic mass is 79.9. The Kier molecular flexibility index (Phi) is 5.78. The van der Waals surface area contributed by atoms with Crippen LogP contribution in [0.4, 0.5) is 4.39 Å². The van der Waals surface area contributed by atoms with Gasteiger partial charge in [0, 0.05) is 6.54 Å². The van der Waals surface area contributed by atoms with Crippen LogP contribution in [0.5, 0.6) is 5.75 Å². The third-order valence-corrected chi connectivity index (χ3v) is 5.58. The Labute approximate surface area is 143 Å². The van der Waals surface area contributed by atoms with Crippen molar-refractivity contribution in [3.05, 3.63) is 57.8 Å². The van der Waals surface area contributed by atoms with Crippen molar-refractivity contribution in [2.24, 2.45) is 0 Å². The molecule has 0 aliphatic rings. The maximum absolute atomic E-state index is 13.3. The van der Waals surface area contributed by atoms with Crippen molar-refractivity contribution in [1.82, 2.24) is 4.72 Å². The van der Waals surface area contributed by atoms with Crippen LogP contribution < -0.4 is 9.46 Å². The minimum Gasteiger partial charge on any atom is -0.496 e. The smallest absolute Gasteiger partial charge is 0.240 e. The van der Waals surface area contributed by atoms with Gasteiger partial charge < -0.3 is 4.74 Å². The highest BCUT2D eigenvalue weighted by molar-refractivity contribution is 9.10. The number of aryl methyl sites for hydroxylation is 1. The lowest BCUT2D eigenvalue weighted by Crippen LogP contribution is -2.26. The predicted octanol–water partition coefficient (Wildman–Crippen LogP) is 3.43. The van der Waals surface area contributed by atoms with Crippen LogP contribution in [-0.4, -0.2) is 22.1 Å². The van der Waals surface area contributed by atoms with Gasteiger partial charge in [0.15, 0.2) is 0 Å². The summed E-state index contributed by atoms with van der Waals surface area (Å²) in [5.41, 5.74) is 1.46. The van der Waals surface area contributed by atoms with E-state index < -0.39 is 15.8 Å². The molecule has 0 fully saturated rings. The minimum atomic E-state index is -3.73. The van der Waals surface area contributed by atoms with Gasteiger partial charge in [-0.3, -0.25) is 0 Å². The van der Waals surface area contributed by atoms with Crippen molar-refractivity contribution in [2.75, 3.05) is 13.7 Å². The quantitative estimate of drug-likeness (QED) is 0.806. The fourth-order valence-corrected chi connectivity index (χ4v) is 4.01. The average molecular weight is 402 g/mol. The van der Waals surface area contributed by atoms with E-state index >= 15 is 0 Å². The van der Waals surface area contributed by atoms with Gasteiger partial charge in [-0.1, -0.05) is 12.1 Å². The highest BCUT2D eigenvalue weighted by Gasteiger charge is 2.17. The number of halogens is 2. The fourth-order valence-electron chi connectivity index (χ4n) is 2.14. The van der Waals surface area contributed by atoms with Gasteiger partial charge in [0.2, 0.25) is 10.0 Å². The Morgan fingerprint density at radius 2 is 1.96 bits per heavy atom. The average Bonchev–Trinajstić information content (AvgIpc) is 2.49. The molecule has 124 valence electrons. The molecule has 0 radical (unpaired) electrons. The Morgan fingerprint density at radius 3 is 2.61 bits per heavy atom. The second-order valence-corrected chi connectivity index (χ2v) is 7.62. The molecule has 0 aromatic heterocycles. The van der Waals surface area contributed by atoms with Crippen LogP contribution in [0.1, 0.15) is 11.1 Å². The minimum absolute atomic E-state index is 0.0339. The Hall–Kier alpha value is -1.44. The summed E-state index contributed by atoms with van der Waals surface area (Å²) in [4.78, 5) is -0.0339. The van der Waals surface area contributed by atoms with Gasteiger partial charge in [-0.05, 0) is 64.7 Å². The summed E-state index contributed by atoms with van der Waals surface area (Å²) >= 11 is 3.39. The van der Waals surface area contributed by atoms with E-state index in [1.54, 1.807) is 14.0 Å². The molecule has 0 atom stereocenters. The Balaban J connectivity index is 2.05. The zero-order valence-electron chi connectivity index (χ0n) is 12.8. The molecule has 0 saturated heterocycles. The molecule has 0 aliphatic heterocycles. The zero-order valence-corrected chi connectivity index (χ0v) is 15.2. The molecule has 7 heteroatoms. The molecule has 0 amide bonds. The summed E-state index contributed by atoms with van der Waals surface area (Å²) < 4.78 is 46.2. The first-order chi connectivity index (χ1) is 10.8. The van der Waals surface area contributed by atoms with Crippen molar-refractivity contribution in [3.8, 4) is 5.75 Å². The molecule has 0 unspecified atom stereocenters. The number of hydrogen-bond acceptors (Lipinski definition) is 3. The van der Waals surface area contributed by atoms with E-state index in [1.165, 1.54) is 12.1 Å². The van der Waals surface area contributed by atoms with Crippen LogP contribution in [0, 0.1) is 12.7 Å². The number of hydrogen-bond donors (Lipinski definition) is 1. The van der Waals surface area contributed by atoms with Gasteiger partial charge in [-0.15, -0.1) is 0 Å². The fraction of sp³-hybridized carbons (Fsp3) is 0.250. The van der Waals surface area contributed by atoms with Crippen LogP contribution in [0.25, 0.3) is 0 Å². The van der Waals surface area contributed by atoms with Gasteiger partial charge in [-0.25, -0.2) is 17.5 Å². The molecular weight excluding hydrogens is 385 g/mol. The molecule has 2 aromatic carbocycles. The van der Waals surface area contributed by atoms with Gasteiger partial charge >= 0.3 is 0 Å². The highest BCUT2D eigenvalue weighted by Crippen LogP contribution is 2.25. The monoisotopic (exact) mass is 401 g/mol. The molecule has 0 spiro atoms. The van der Waals surface area contributed by atoms with Crippen molar-refractivity contribution in [2.45, 2.75) is 18.2 Å². The summed E-state index contributed by atoms with van der Waals surface area (Å²) in [6, 6.07) is 9.27. The zero-order chi connectivity index (χ0) is 17.0. The standard InChI is InChI=1S/C16H17BrFNO3S/c1-11-3-5-13(18)10-16(11)23(20,21)19-8-7-12-4-6-15(22-2)14(17)9-12/h3-6,9-10,19H,7-8H2,1-2H3. The van der Waals surface area contributed by atoms with Gasteiger partial charge in [0.25, 0.3) is 0 Å². The largest absolute Gasteiger partial charge is 0.496 e. The summed E-state index contributed by atoms with van der Waals surface area (Å²) in [5.74, 6) is 0.139. The van der Waals surface area contributed by atoms with E-state index in [-0.39, 0.29) is 11.4 Å². The van der Waals surface area contributed by atoms with E-state index in [9.17, 15) is 12.8 Å². The summed E-state index contributed by atoms with van der Waals surface area (Å²) in [6.45, 7) is 1.85. The number of sulfonamides is 1. The van der Waals surface area contributed by atoms with Crippen molar-refractivity contribution < 1.29 is 17.5 Å². The van der Waals surface area contributed by atoms with Crippen LogP contribution in [0.15, 0.2) is 45.8 Å². The van der Waals surface area contributed by atoms with Crippen LogP contribution in [0.3, 0.4) is 0 Å². The number of ether oxygens (including phenoxy) is 1. The maximum Gasteiger partial charge on any atom is 0.240 e. The first-order valence-electron chi connectivity index (χ1n) is 6.92. The molecule has 0 aliphatic carbocycles. The predicted molar refractivity (Wildman–Crippen MR) is 90.7 cm³/mol. The lowest BCUT2D eigenvalue weighted by molar-refractivity contribution is 0.412. The number of rotatable bonds is 6. The summed E-state index contributed by atoms with van der Waals surface area (Å²) in [7, 11) is -2.15. The van der Waals surface area contributed by atoms with E-state index in [2.05, 4.69) is 20.7 Å². The second-order valence-electron chi connectivity index (χ2n) is 5.03. The molecule has 23 heavy (non-hydrogen) atoms. The SMILES string of the molecule is COc1ccc(CCNS(=O)(=O)c2cc(F)ccc2C)cc1Br. The number of nitrogens with one attached hydrogen (secondary N) is 1.